The Labute approximate surface area is 254 Å². The van der Waals surface area contributed by atoms with Gasteiger partial charge in [-0.2, -0.15) is 0 Å². The highest BCUT2D eigenvalue weighted by Gasteiger charge is 2.39. The molecule has 2 amide bonds. The summed E-state index contributed by atoms with van der Waals surface area (Å²) in [4.78, 5) is 36.9. The van der Waals surface area contributed by atoms with E-state index in [1.807, 2.05) is 80.7 Å². The van der Waals surface area contributed by atoms with Crippen LogP contribution >= 0.6 is 23.5 Å². The Morgan fingerprint density at radius 1 is 1.00 bits per heavy atom. The number of methoxy groups -OCH3 is 1. The van der Waals surface area contributed by atoms with Gasteiger partial charge in [0.15, 0.2) is 5.17 Å². The van der Waals surface area contributed by atoms with Crippen molar-refractivity contribution in [2.24, 2.45) is 4.99 Å². The first-order valence-electron chi connectivity index (χ1n) is 13.6. The second-order valence-corrected chi connectivity index (χ2v) is 11.9. The van der Waals surface area contributed by atoms with Gasteiger partial charge in [0.1, 0.15) is 11.5 Å². The van der Waals surface area contributed by atoms with Crippen LogP contribution in [0.3, 0.4) is 0 Å². The maximum atomic E-state index is 14.1. The van der Waals surface area contributed by atoms with Crippen molar-refractivity contribution in [2.75, 3.05) is 37.9 Å². The zero-order chi connectivity index (χ0) is 29.6. The predicted molar refractivity (Wildman–Crippen MR) is 174 cm³/mol. The SMILES string of the molecule is CCNc1ccc(NC(=O)COC)cc1N=C1SC(=C2SC(C)=C(c3ccccc3)N2C)C(=O)N1Cc1ccccc1. The van der Waals surface area contributed by atoms with Crippen molar-refractivity contribution >= 4 is 63.3 Å². The summed E-state index contributed by atoms with van der Waals surface area (Å²) in [5.74, 6) is -0.345. The number of benzene rings is 3. The molecule has 0 saturated carbocycles. The molecule has 3 aromatic carbocycles. The molecule has 0 aromatic heterocycles. The number of nitrogens with one attached hydrogen (secondary N) is 2. The molecule has 2 aliphatic rings. The zero-order valence-corrected chi connectivity index (χ0v) is 25.6. The first kappa shape index (κ1) is 29.5. The van der Waals surface area contributed by atoms with Crippen LogP contribution in [0.2, 0.25) is 0 Å². The lowest BCUT2D eigenvalue weighted by atomic mass is 10.1. The lowest BCUT2D eigenvalue weighted by molar-refractivity contribution is -0.122. The summed E-state index contributed by atoms with van der Waals surface area (Å²) < 4.78 is 4.96. The molecule has 10 heteroatoms. The van der Waals surface area contributed by atoms with Crippen LogP contribution in [-0.4, -0.2) is 54.1 Å². The van der Waals surface area contributed by atoms with E-state index in [4.69, 9.17) is 9.73 Å². The summed E-state index contributed by atoms with van der Waals surface area (Å²) >= 11 is 2.99. The molecule has 0 radical (unpaired) electrons. The number of amides is 2. The molecule has 0 unspecified atom stereocenters. The predicted octanol–water partition coefficient (Wildman–Crippen LogP) is 6.70. The van der Waals surface area contributed by atoms with Gasteiger partial charge in [0, 0.05) is 31.3 Å². The number of ether oxygens (including phenoxy) is 1. The van der Waals surface area contributed by atoms with Crippen LogP contribution in [0.4, 0.5) is 17.1 Å². The van der Waals surface area contributed by atoms with Gasteiger partial charge < -0.3 is 20.3 Å². The van der Waals surface area contributed by atoms with Crippen molar-refractivity contribution in [1.29, 1.82) is 0 Å². The number of aliphatic imine (C=N–C) groups is 1. The summed E-state index contributed by atoms with van der Waals surface area (Å²) in [5, 5.41) is 7.66. The van der Waals surface area contributed by atoms with Crippen LogP contribution in [0, 0.1) is 0 Å². The van der Waals surface area contributed by atoms with E-state index in [2.05, 4.69) is 34.6 Å². The standard InChI is InChI=1S/C32H33N5O3S2/c1-5-33-25-17-16-24(34-27(38)20-40-4)18-26(25)35-32-37(19-22-12-8-6-9-13-22)30(39)29(42-32)31-36(3)28(21(2)41-31)23-14-10-7-11-15-23/h6-18,33H,5,19-20H2,1-4H3,(H,34,38). The van der Waals surface area contributed by atoms with Gasteiger partial charge in [-0.3, -0.25) is 14.5 Å². The minimum atomic E-state index is -0.256. The van der Waals surface area contributed by atoms with Crippen molar-refractivity contribution in [1.82, 2.24) is 9.80 Å². The van der Waals surface area contributed by atoms with Gasteiger partial charge in [-0.1, -0.05) is 72.4 Å². The van der Waals surface area contributed by atoms with Crippen LogP contribution < -0.4 is 10.6 Å². The number of amidine groups is 1. The molecular weight excluding hydrogens is 567 g/mol. The molecule has 216 valence electrons. The Morgan fingerprint density at radius 3 is 2.40 bits per heavy atom. The second kappa shape index (κ2) is 13.3. The van der Waals surface area contributed by atoms with Gasteiger partial charge in [-0.15, -0.1) is 0 Å². The molecule has 8 nitrogen and oxygen atoms in total. The topological polar surface area (TPSA) is 86.3 Å². The quantitative estimate of drug-likeness (QED) is 0.265. The van der Waals surface area contributed by atoms with Crippen LogP contribution in [-0.2, 0) is 20.9 Å². The molecule has 0 atom stereocenters. The van der Waals surface area contributed by atoms with Crippen molar-refractivity contribution in [3.63, 3.8) is 0 Å². The number of anilines is 2. The van der Waals surface area contributed by atoms with E-state index < -0.39 is 0 Å². The molecule has 0 spiro atoms. The Balaban J connectivity index is 1.55. The molecular formula is C32H33N5O3S2. The van der Waals surface area contributed by atoms with E-state index in [1.54, 1.807) is 16.7 Å². The maximum absolute atomic E-state index is 14.1. The second-order valence-electron chi connectivity index (χ2n) is 9.68. The molecule has 1 saturated heterocycles. The molecule has 5 rings (SSSR count). The molecule has 2 aliphatic heterocycles. The fraction of sp³-hybridized carbons (Fsp3) is 0.219. The minimum absolute atomic E-state index is 0.0471. The van der Waals surface area contributed by atoms with Gasteiger partial charge in [0.05, 0.1) is 28.6 Å². The highest BCUT2D eigenvalue weighted by Crippen LogP contribution is 2.50. The molecule has 3 aromatic rings. The third-order valence-electron chi connectivity index (χ3n) is 6.65. The first-order chi connectivity index (χ1) is 20.4. The summed E-state index contributed by atoms with van der Waals surface area (Å²) in [6, 6.07) is 25.6. The normalized spacial score (nSPS) is 17.9. The van der Waals surface area contributed by atoms with Crippen molar-refractivity contribution < 1.29 is 14.3 Å². The van der Waals surface area contributed by atoms with Crippen molar-refractivity contribution in [2.45, 2.75) is 20.4 Å². The molecule has 42 heavy (non-hydrogen) atoms. The van der Waals surface area contributed by atoms with Gasteiger partial charge in [-0.05, 0) is 54.9 Å². The Kier molecular flexibility index (Phi) is 9.36. The van der Waals surface area contributed by atoms with Crippen LogP contribution in [0.25, 0.3) is 5.70 Å². The third-order valence-corrected chi connectivity index (χ3v) is 9.02. The fourth-order valence-electron chi connectivity index (χ4n) is 4.79. The molecule has 0 bridgehead atoms. The Hall–Kier alpha value is -3.99. The average Bonchev–Trinajstić information content (AvgIpc) is 3.45. The molecule has 1 fully saturated rings. The van der Waals surface area contributed by atoms with Gasteiger partial charge in [-0.25, -0.2) is 4.99 Å². The van der Waals surface area contributed by atoms with Gasteiger partial charge in [0.2, 0.25) is 5.91 Å². The number of carbonyl (C=O) groups is 2. The highest BCUT2D eigenvalue weighted by atomic mass is 32.2. The Morgan fingerprint density at radius 2 is 1.71 bits per heavy atom. The first-order valence-corrected chi connectivity index (χ1v) is 15.2. The largest absolute Gasteiger partial charge is 0.384 e. The lowest BCUT2D eigenvalue weighted by Crippen LogP contribution is -2.29. The summed E-state index contributed by atoms with van der Waals surface area (Å²) in [6.45, 7) is 5.13. The summed E-state index contributed by atoms with van der Waals surface area (Å²) in [7, 11) is 3.49. The van der Waals surface area contributed by atoms with Crippen LogP contribution in [0.1, 0.15) is 25.0 Å². The van der Waals surface area contributed by atoms with E-state index in [0.29, 0.717) is 34.5 Å². The number of rotatable bonds is 9. The molecule has 2 N–H and O–H groups in total. The van der Waals surface area contributed by atoms with Crippen molar-refractivity contribution in [3.05, 3.63) is 105 Å². The third kappa shape index (κ3) is 6.41. The Bertz CT molecular complexity index is 1570. The number of thioether (sulfide) groups is 2. The van der Waals surface area contributed by atoms with E-state index in [9.17, 15) is 9.59 Å². The summed E-state index contributed by atoms with van der Waals surface area (Å²) in [5.41, 5.74) is 5.22. The van der Waals surface area contributed by atoms with Gasteiger partial charge in [0.25, 0.3) is 5.91 Å². The van der Waals surface area contributed by atoms with Crippen LogP contribution in [0.5, 0.6) is 0 Å². The van der Waals surface area contributed by atoms with Crippen molar-refractivity contribution in [3.8, 4) is 0 Å². The van der Waals surface area contributed by atoms with E-state index in [-0.39, 0.29) is 18.4 Å². The number of nitrogens with zero attached hydrogens (tertiary/aromatic N) is 3. The number of hydrogen-bond donors (Lipinski definition) is 2. The maximum Gasteiger partial charge on any atom is 0.269 e. The van der Waals surface area contributed by atoms with Gasteiger partial charge >= 0.3 is 0 Å². The van der Waals surface area contributed by atoms with E-state index >= 15 is 0 Å². The highest BCUT2D eigenvalue weighted by molar-refractivity contribution is 8.19. The monoisotopic (exact) mass is 599 g/mol. The van der Waals surface area contributed by atoms with Crippen LogP contribution in [0.15, 0.2) is 98.7 Å². The van der Waals surface area contributed by atoms with E-state index in [1.165, 1.54) is 18.9 Å². The number of carbonyl (C=O) groups excluding carboxylic acids is 2. The molecule has 0 aliphatic carbocycles. The number of hydrogen-bond acceptors (Lipinski definition) is 8. The lowest BCUT2D eigenvalue weighted by Gasteiger charge is -2.19. The summed E-state index contributed by atoms with van der Waals surface area (Å²) in [6.07, 6.45) is 0. The average molecular weight is 600 g/mol. The smallest absolute Gasteiger partial charge is 0.269 e. The minimum Gasteiger partial charge on any atom is -0.384 e. The van der Waals surface area contributed by atoms with E-state index in [0.717, 1.165) is 32.4 Å². The molecule has 2 heterocycles. The fourth-order valence-corrected chi connectivity index (χ4v) is 7.09. The number of allylic oxidation sites excluding steroid dienone is 1. The zero-order valence-electron chi connectivity index (χ0n) is 24.0.